The van der Waals surface area contributed by atoms with Crippen LogP contribution in [-0.4, -0.2) is 27.4 Å². The van der Waals surface area contributed by atoms with E-state index in [4.69, 9.17) is 17.0 Å². The lowest BCUT2D eigenvalue weighted by molar-refractivity contribution is -0.118. The van der Waals surface area contributed by atoms with E-state index in [9.17, 15) is 4.79 Å². The highest BCUT2D eigenvalue weighted by Crippen LogP contribution is 2.32. The van der Waals surface area contributed by atoms with Crippen LogP contribution in [-0.2, 0) is 4.79 Å². The van der Waals surface area contributed by atoms with Crippen LogP contribution in [0.3, 0.4) is 0 Å². The summed E-state index contributed by atoms with van der Waals surface area (Å²) >= 11 is 5.48. The summed E-state index contributed by atoms with van der Waals surface area (Å²) in [6.45, 7) is 6.41. The number of carbonyl (C=O) groups is 1. The Morgan fingerprint density at radius 2 is 1.76 bits per heavy atom. The molecule has 0 saturated carbocycles. The SMILES string of the molecule is CCOc1ccc(N2C(=O)[C@@H](c3c(C)nn(-c4ccccc4)c3C)NC2=S)cc1. The summed E-state index contributed by atoms with van der Waals surface area (Å²) in [5, 5.41) is 8.22. The topological polar surface area (TPSA) is 59.4 Å². The molecule has 1 fully saturated rings. The van der Waals surface area contributed by atoms with E-state index in [0.717, 1.165) is 28.4 Å². The van der Waals surface area contributed by atoms with Crippen molar-refractivity contribution in [3.63, 3.8) is 0 Å². The van der Waals surface area contributed by atoms with Crippen LogP contribution in [0.25, 0.3) is 5.69 Å². The van der Waals surface area contributed by atoms with Crippen LogP contribution in [0.1, 0.15) is 29.9 Å². The van der Waals surface area contributed by atoms with Crippen LogP contribution in [0.5, 0.6) is 5.75 Å². The normalized spacial score (nSPS) is 16.2. The van der Waals surface area contributed by atoms with Crippen LogP contribution >= 0.6 is 12.2 Å². The van der Waals surface area contributed by atoms with E-state index in [2.05, 4.69) is 10.4 Å². The number of benzene rings is 2. The van der Waals surface area contributed by atoms with Gasteiger partial charge in [0, 0.05) is 11.3 Å². The van der Waals surface area contributed by atoms with Gasteiger partial charge in [-0.15, -0.1) is 0 Å². The van der Waals surface area contributed by atoms with Crippen LogP contribution in [0.2, 0.25) is 0 Å². The summed E-state index contributed by atoms with van der Waals surface area (Å²) in [5.41, 5.74) is 4.24. The largest absolute Gasteiger partial charge is 0.494 e. The lowest BCUT2D eigenvalue weighted by Crippen LogP contribution is -2.30. The fourth-order valence-electron chi connectivity index (χ4n) is 3.67. The second kappa shape index (κ2) is 7.67. The van der Waals surface area contributed by atoms with E-state index >= 15 is 0 Å². The number of hydrogen-bond donors (Lipinski definition) is 1. The average Bonchev–Trinajstić information content (AvgIpc) is 3.18. The minimum atomic E-state index is -0.563. The van der Waals surface area contributed by atoms with E-state index in [-0.39, 0.29) is 5.91 Å². The van der Waals surface area contributed by atoms with Crippen molar-refractivity contribution in [3.05, 3.63) is 71.5 Å². The maximum absolute atomic E-state index is 13.3. The lowest BCUT2D eigenvalue weighted by atomic mass is 10.0. The quantitative estimate of drug-likeness (QED) is 0.652. The van der Waals surface area contributed by atoms with E-state index in [1.807, 2.05) is 80.1 Å². The average molecular weight is 407 g/mol. The van der Waals surface area contributed by atoms with Gasteiger partial charge in [-0.2, -0.15) is 5.10 Å². The number of nitrogens with zero attached hydrogens (tertiary/aromatic N) is 3. The number of anilines is 1. The van der Waals surface area contributed by atoms with E-state index in [1.165, 1.54) is 4.90 Å². The van der Waals surface area contributed by atoms with Crippen molar-refractivity contribution in [3.8, 4) is 11.4 Å². The molecule has 1 saturated heterocycles. The molecule has 7 heteroatoms. The number of rotatable bonds is 5. The molecule has 1 amide bonds. The molecule has 1 aromatic heterocycles. The smallest absolute Gasteiger partial charge is 0.260 e. The van der Waals surface area contributed by atoms with Crippen molar-refractivity contribution in [2.75, 3.05) is 11.5 Å². The first kappa shape index (κ1) is 19.1. The predicted molar refractivity (Wildman–Crippen MR) is 117 cm³/mol. The Bertz CT molecular complexity index is 1060. The third-order valence-corrected chi connectivity index (χ3v) is 5.28. The zero-order chi connectivity index (χ0) is 20.5. The highest BCUT2D eigenvalue weighted by molar-refractivity contribution is 7.80. The van der Waals surface area contributed by atoms with Crippen molar-refractivity contribution in [1.29, 1.82) is 0 Å². The van der Waals surface area contributed by atoms with Crippen molar-refractivity contribution in [2.45, 2.75) is 26.8 Å². The second-order valence-electron chi connectivity index (χ2n) is 6.81. The van der Waals surface area contributed by atoms with Gasteiger partial charge in [-0.3, -0.25) is 9.69 Å². The number of aromatic nitrogens is 2. The molecule has 4 rings (SSSR count). The Kier molecular flexibility index (Phi) is 5.07. The van der Waals surface area contributed by atoms with E-state index in [0.29, 0.717) is 17.4 Å². The Morgan fingerprint density at radius 3 is 2.41 bits per heavy atom. The molecule has 2 aromatic carbocycles. The van der Waals surface area contributed by atoms with Crippen molar-refractivity contribution < 1.29 is 9.53 Å². The second-order valence-corrected chi connectivity index (χ2v) is 7.20. The van der Waals surface area contributed by atoms with Gasteiger partial charge in [0.15, 0.2) is 5.11 Å². The highest BCUT2D eigenvalue weighted by Gasteiger charge is 2.40. The number of amides is 1. The van der Waals surface area contributed by atoms with Crippen LogP contribution in [0.15, 0.2) is 54.6 Å². The molecule has 6 nitrogen and oxygen atoms in total. The standard InChI is InChI=1S/C22H22N4O2S/c1-4-28-18-12-10-16(11-13-18)25-21(27)20(23-22(25)29)19-14(2)24-26(15(19)3)17-8-6-5-7-9-17/h5-13,20H,4H2,1-3H3,(H,23,29)/t20-/m1/s1. The highest BCUT2D eigenvalue weighted by atomic mass is 32.1. The van der Waals surface area contributed by atoms with Crippen molar-refractivity contribution in [2.24, 2.45) is 0 Å². The summed E-state index contributed by atoms with van der Waals surface area (Å²) in [7, 11) is 0. The summed E-state index contributed by atoms with van der Waals surface area (Å²) in [4.78, 5) is 14.8. The minimum absolute atomic E-state index is 0.113. The number of hydrogen-bond acceptors (Lipinski definition) is 4. The van der Waals surface area contributed by atoms with Crippen LogP contribution in [0.4, 0.5) is 5.69 Å². The third kappa shape index (κ3) is 3.38. The fraction of sp³-hybridized carbons (Fsp3) is 0.227. The molecule has 29 heavy (non-hydrogen) atoms. The number of carbonyl (C=O) groups excluding carboxylic acids is 1. The maximum Gasteiger partial charge on any atom is 0.260 e. The van der Waals surface area contributed by atoms with Crippen LogP contribution < -0.4 is 15.0 Å². The molecule has 0 unspecified atom stereocenters. The van der Waals surface area contributed by atoms with Gasteiger partial charge in [0.05, 0.1) is 23.7 Å². The molecule has 0 radical (unpaired) electrons. The first-order valence-corrected chi connectivity index (χ1v) is 9.91. The zero-order valence-corrected chi connectivity index (χ0v) is 17.4. The molecule has 1 N–H and O–H groups in total. The van der Waals surface area contributed by atoms with Gasteiger partial charge in [-0.25, -0.2) is 4.68 Å². The van der Waals surface area contributed by atoms with Crippen molar-refractivity contribution in [1.82, 2.24) is 15.1 Å². The molecule has 148 valence electrons. The third-order valence-electron chi connectivity index (χ3n) is 4.98. The molecule has 0 spiro atoms. The van der Waals surface area contributed by atoms with Gasteiger partial charge in [0.1, 0.15) is 11.8 Å². The lowest BCUT2D eigenvalue weighted by Gasteiger charge is -2.15. The number of aryl methyl sites for hydroxylation is 1. The number of para-hydroxylation sites is 1. The zero-order valence-electron chi connectivity index (χ0n) is 16.5. The van der Waals surface area contributed by atoms with Crippen molar-refractivity contribution >= 4 is 28.9 Å². The monoisotopic (exact) mass is 406 g/mol. The van der Waals surface area contributed by atoms with Gasteiger partial charge < -0.3 is 10.1 Å². The van der Waals surface area contributed by atoms with Gasteiger partial charge in [0.25, 0.3) is 5.91 Å². The Balaban J connectivity index is 1.67. The summed E-state index contributed by atoms with van der Waals surface area (Å²) in [6.07, 6.45) is 0. The van der Waals surface area contributed by atoms with E-state index < -0.39 is 6.04 Å². The first-order valence-electron chi connectivity index (χ1n) is 9.50. The van der Waals surface area contributed by atoms with E-state index in [1.54, 1.807) is 0 Å². The molecule has 3 aromatic rings. The molecular formula is C22H22N4O2S. The molecule has 1 aliphatic rings. The summed E-state index contributed by atoms with van der Waals surface area (Å²) < 4.78 is 7.34. The predicted octanol–water partition coefficient (Wildman–Crippen LogP) is 3.85. The molecule has 0 bridgehead atoms. The first-order chi connectivity index (χ1) is 14.0. The Morgan fingerprint density at radius 1 is 1.07 bits per heavy atom. The maximum atomic E-state index is 13.3. The van der Waals surface area contributed by atoms with Gasteiger partial charge in [-0.05, 0) is 69.4 Å². The molecule has 2 heterocycles. The summed E-state index contributed by atoms with van der Waals surface area (Å²) in [6, 6.07) is 16.7. The minimum Gasteiger partial charge on any atom is -0.494 e. The molecule has 1 aliphatic heterocycles. The van der Waals surface area contributed by atoms with Gasteiger partial charge in [-0.1, -0.05) is 18.2 Å². The Labute approximate surface area is 175 Å². The Hall–Kier alpha value is -3.19. The number of thiocarbonyl (C=S) groups is 1. The van der Waals surface area contributed by atoms with Gasteiger partial charge in [0.2, 0.25) is 0 Å². The molecular weight excluding hydrogens is 384 g/mol. The summed E-state index contributed by atoms with van der Waals surface area (Å²) in [5.74, 6) is 0.645. The van der Waals surface area contributed by atoms with Crippen LogP contribution in [0, 0.1) is 13.8 Å². The molecule has 0 aliphatic carbocycles. The van der Waals surface area contributed by atoms with Gasteiger partial charge >= 0.3 is 0 Å². The number of ether oxygens (including phenoxy) is 1. The number of nitrogens with one attached hydrogen (secondary N) is 1. The molecule has 1 atom stereocenters. The fourth-order valence-corrected chi connectivity index (χ4v) is 3.98.